The summed E-state index contributed by atoms with van der Waals surface area (Å²) in [5, 5.41) is 13.2. The molecule has 25 heavy (non-hydrogen) atoms. The Morgan fingerprint density at radius 3 is 2.56 bits per heavy atom. The third-order valence-electron chi connectivity index (χ3n) is 4.52. The summed E-state index contributed by atoms with van der Waals surface area (Å²) in [6, 6.07) is 11.2. The van der Waals surface area contributed by atoms with Crippen molar-refractivity contribution in [2.45, 2.75) is 20.3 Å². The molecule has 1 aliphatic heterocycles. The van der Waals surface area contributed by atoms with Gasteiger partial charge in [0, 0.05) is 31.9 Å². The van der Waals surface area contributed by atoms with Gasteiger partial charge < -0.3 is 15.3 Å². The molecule has 1 aromatic heterocycles. The lowest BCUT2D eigenvalue weighted by Crippen LogP contribution is -2.44. The molecule has 6 heteroatoms. The van der Waals surface area contributed by atoms with Crippen molar-refractivity contribution in [3.63, 3.8) is 0 Å². The first-order valence-electron chi connectivity index (χ1n) is 8.66. The summed E-state index contributed by atoms with van der Waals surface area (Å²) < 4.78 is 0. The molecule has 1 aromatic carbocycles. The Morgan fingerprint density at radius 1 is 1.28 bits per heavy atom. The van der Waals surface area contributed by atoms with E-state index in [0.717, 1.165) is 49.7 Å². The summed E-state index contributed by atoms with van der Waals surface area (Å²) in [6.45, 7) is 7.41. The summed E-state index contributed by atoms with van der Waals surface area (Å²) in [6.07, 6.45) is -0.189. The molecule has 0 atom stereocenters. The smallest absolute Gasteiger partial charge is 0.416 e. The third-order valence-corrected chi connectivity index (χ3v) is 4.52. The summed E-state index contributed by atoms with van der Waals surface area (Å²) in [5.74, 6) is 0.738. The number of para-hydroxylation sites is 1. The van der Waals surface area contributed by atoms with Gasteiger partial charge in [0.05, 0.1) is 11.4 Å². The first-order valence-corrected chi connectivity index (χ1v) is 8.66. The molecule has 2 N–H and O–H groups in total. The molecule has 0 unspecified atom stereocenters. The van der Waals surface area contributed by atoms with Crippen molar-refractivity contribution in [1.82, 2.24) is 10.3 Å². The van der Waals surface area contributed by atoms with Crippen molar-refractivity contribution in [2.24, 2.45) is 0 Å². The summed E-state index contributed by atoms with van der Waals surface area (Å²) in [5.41, 5.74) is 3.27. The van der Waals surface area contributed by atoms with Gasteiger partial charge in [-0.2, -0.15) is 0 Å². The van der Waals surface area contributed by atoms with Crippen LogP contribution < -0.4 is 15.1 Å². The number of aromatic nitrogens is 1. The fraction of sp³-hybridized carbons (Fsp3) is 0.368. The van der Waals surface area contributed by atoms with E-state index in [1.807, 2.05) is 31.2 Å². The second-order valence-corrected chi connectivity index (χ2v) is 6.12. The van der Waals surface area contributed by atoms with Gasteiger partial charge in [-0.15, -0.1) is 0 Å². The molecule has 1 fully saturated rings. The van der Waals surface area contributed by atoms with E-state index in [4.69, 9.17) is 4.98 Å². The van der Waals surface area contributed by atoms with Crippen LogP contribution in [0.4, 0.5) is 22.0 Å². The lowest BCUT2D eigenvalue weighted by atomic mass is 10.1. The van der Waals surface area contributed by atoms with E-state index in [0.29, 0.717) is 11.4 Å². The van der Waals surface area contributed by atoms with Gasteiger partial charge in [-0.3, -0.25) is 0 Å². The number of benzene rings is 1. The Labute approximate surface area is 148 Å². The van der Waals surface area contributed by atoms with Gasteiger partial charge in [0.1, 0.15) is 0 Å². The van der Waals surface area contributed by atoms with Crippen LogP contribution in [0.15, 0.2) is 36.4 Å². The van der Waals surface area contributed by atoms with Crippen LogP contribution in [0, 0.1) is 6.92 Å². The van der Waals surface area contributed by atoms with Crippen LogP contribution in [0.5, 0.6) is 0 Å². The minimum atomic E-state index is -1.00. The normalized spacial score (nSPS) is 14.4. The second kappa shape index (κ2) is 7.53. The monoisotopic (exact) mass is 340 g/mol. The maximum atomic E-state index is 12.1. The zero-order valence-electron chi connectivity index (χ0n) is 14.7. The number of anilines is 3. The first-order chi connectivity index (χ1) is 12.1. The SMILES string of the molecule is CCc1cc(N(C(=O)O)c2ccccc2)c(N2CCNCC2)nc1C. The van der Waals surface area contributed by atoms with E-state index in [1.54, 1.807) is 12.1 Å². The van der Waals surface area contributed by atoms with Crippen LogP contribution in [0.2, 0.25) is 0 Å². The molecule has 2 aromatic rings. The summed E-state index contributed by atoms with van der Waals surface area (Å²) in [7, 11) is 0. The number of carboxylic acid groups (broad SMARTS) is 1. The van der Waals surface area contributed by atoms with E-state index in [2.05, 4.69) is 17.1 Å². The number of amides is 1. The van der Waals surface area contributed by atoms with Crippen molar-refractivity contribution < 1.29 is 9.90 Å². The van der Waals surface area contributed by atoms with E-state index in [-0.39, 0.29) is 0 Å². The van der Waals surface area contributed by atoms with E-state index in [1.165, 1.54) is 4.90 Å². The van der Waals surface area contributed by atoms with Crippen molar-refractivity contribution >= 4 is 23.3 Å². The van der Waals surface area contributed by atoms with Gasteiger partial charge in [0.25, 0.3) is 0 Å². The fourth-order valence-electron chi connectivity index (χ4n) is 3.18. The molecule has 132 valence electrons. The Kier molecular flexibility index (Phi) is 5.19. The fourth-order valence-corrected chi connectivity index (χ4v) is 3.18. The Bertz CT molecular complexity index is 743. The molecule has 3 rings (SSSR count). The zero-order valence-corrected chi connectivity index (χ0v) is 14.7. The molecular weight excluding hydrogens is 316 g/mol. The molecule has 0 bridgehead atoms. The van der Waals surface area contributed by atoms with Crippen LogP contribution in [-0.4, -0.2) is 42.4 Å². The zero-order chi connectivity index (χ0) is 17.8. The highest BCUT2D eigenvalue weighted by Crippen LogP contribution is 2.35. The highest BCUT2D eigenvalue weighted by Gasteiger charge is 2.25. The number of hydrogen-bond donors (Lipinski definition) is 2. The van der Waals surface area contributed by atoms with Gasteiger partial charge >= 0.3 is 6.09 Å². The lowest BCUT2D eigenvalue weighted by molar-refractivity contribution is 0.205. The molecule has 2 heterocycles. The molecule has 0 radical (unpaired) electrons. The number of rotatable bonds is 4. The van der Waals surface area contributed by atoms with Crippen molar-refractivity contribution in [3.8, 4) is 0 Å². The number of aryl methyl sites for hydroxylation is 2. The van der Waals surface area contributed by atoms with Crippen LogP contribution in [0.3, 0.4) is 0 Å². The maximum Gasteiger partial charge on any atom is 0.416 e. The van der Waals surface area contributed by atoms with Crippen molar-refractivity contribution in [2.75, 3.05) is 36.0 Å². The van der Waals surface area contributed by atoms with Gasteiger partial charge in [0.2, 0.25) is 0 Å². The predicted octanol–water partition coefficient (Wildman–Crippen LogP) is 3.18. The molecule has 0 spiro atoms. The number of piperazine rings is 1. The van der Waals surface area contributed by atoms with Crippen LogP contribution in [0.1, 0.15) is 18.2 Å². The van der Waals surface area contributed by atoms with Gasteiger partial charge in [-0.1, -0.05) is 25.1 Å². The highest BCUT2D eigenvalue weighted by atomic mass is 16.4. The topological polar surface area (TPSA) is 68.7 Å². The Morgan fingerprint density at radius 2 is 1.96 bits per heavy atom. The van der Waals surface area contributed by atoms with E-state index < -0.39 is 6.09 Å². The van der Waals surface area contributed by atoms with E-state index >= 15 is 0 Å². The maximum absolute atomic E-state index is 12.1. The van der Waals surface area contributed by atoms with E-state index in [9.17, 15) is 9.90 Å². The molecule has 1 saturated heterocycles. The molecular formula is C19H24N4O2. The first kappa shape index (κ1) is 17.2. The minimum Gasteiger partial charge on any atom is -0.464 e. The van der Waals surface area contributed by atoms with Crippen molar-refractivity contribution in [3.05, 3.63) is 47.7 Å². The summed E-state index contributed by atoms with van der Waals surface area (Å²) in [4.78, 5) is 20.4. The number of nitrogens with one attached hydrogen (secondary N) is 1. The summed E-state index contributed by atoms with van der Waals surface area (Å²) >= 11 is 0. The molecule has 1 amide bonds. The van der Waals surface area contributed by atoms with Crippen LogP contribution in [0.25, 0.3) is 0 Å². The number of carbonyl (C=O) groups is 1. The van der Waals surface area contributed by atoms with Gasteiger partial charge in [0.15, 0.2) is 5.82 Å². The Hall–Kier alpha value is -2.60. The number of nitrogens with zero attached hydrogens (tertiary/aromatic N) is 3. The average Bonchev–Trinajstić information content (AvgIpc) is 2.64. The number of pyridine rings is 1. The molecule has 0 aliphatic carbocycles. The number of hydrogen-bond acceptors (Lipinski definition) is 4. The largest absolute Gasteiger partial charge is 0.464 e. The van der Waals surface area contributed by atoms with Gasteiger partial charge in [-0.25, -0.2) is 14.7 Å². The molecule has 6 nitrogen and oxygen atoms in total. The predicted molar refractivity (Wildman–Crippen MR) is 100 cm³/mol. The van der Waals surface area contributed by atoms with Crippen LogP contribution in [-0.2, 0) is 6.42 Å². The molecule has 1 aliphatic rings. The highest BCUT2D eigenvalue weighted by molar-refractivity contribution is 5.98. The van der Waals surface area contributed by atoms with Crippen molar-refractivity contribution in [1.29, 1.82) is 0 Å². The average molecular weight is 340 g/mol. The van der Waals surface area contributed by atoms with Crippen LogP contribution >= 0.6 is 0 Å². The second-order valence-electron chi connectivity index (χ2n) is 6.12. The minimum absolute atomic E-state index is 0.624. The standard InChI is InChI=1S/C19H24N4O2/c1-3-15-13-17(23(19(24)25)16-7-5-4-6-8-16)18(21-14(15)2)22-11-9-20-10-12-22/h4-8,13,20H,3,9-12H2,1-2H3,(H,24,25). The quantitative estimate of drug-likeness (QED) is 0.895. The Balaban J connectivity index is 2.15. The third kappa shape index (κ3) is 3.58. The molecule has 0 saturated carbocycles. The van der Waals surface area contributed by atoms with Gasteiger partial charge in [-0.05, 0) is 37.1 Å². The lowest BCUT2D eigenvalue weighted by Gasteiger charge is -2.33.